The van der Waals surface area contributed by atoms with Gasteiger partial charge in [0.15, 0.2) is 0 Å². The van der Waals surface area contributed by atoms with Crippen molar-refractivity contribution >= 4 is 22.6 Å². The summed E-state index contributed by atoms with van der Waals surface area (Å²) >= 11 is 0. The Hall–Kier alpha value is -2.99. The summed E-state index contributed by atoms with van der Waals surface area (Å²) in [5, 5.41) is 4.08. The number of hydrogen-bond donors (Lipinski definition) is 1. The molecule has 4 rings (SSSR count). The number of nitrogens with one attached hydrogen (secondary N) is 1. The summed E-state index contributed by atoms with van der Waals surface area (Å²) < 4.78 is 0. The van der Waals surface area contributed by atoms with Crippen LogP contribution in [0, 0.1) is 0 Å². The van der Waals surface area contributed by atoms with Gasteiger partial charge in [-0.25, -0.2) is 4.79 Å². The van der Waals surface area contributed by atoms with Crippen LogP contribution in [0.4, 0.5) is 10.5 Å². The monoisotopic (exact) mass is 347 g/mol. The minimum Gasteiger partial charge on any atom is -0.322 e. The molecule has 3 aromatic rings. The first-order chi connectivity index (χ1) is 12.8. The Morgan fingerprint density at radius 2 is 1.81 bits per heavy atom. The van der Waals surface area contributed by atoms with E-state index in [-0.39, 0.29) is 6.03 Å². The van der Waals surface area contributed by atoms with Crippen LogP contribution in [0.2, 0.25) is 0 Å². The van der Waals surface area contributed by atoms with Gasteiger partial charge in [0.05, 0.1) is 5.52 Å². The van der Waals surface area contributed by atoms with Gasteiger partial charge in [-0.15, -0.1) is 0 Å². The molecule has 0 atom stereocenters. The molecular weight excluding hydrogens is 326 g/mol. The van der Waals surface area contributed by atoms with Gasteiger partial charge in [0.1, 0.15) is 0 Å². The van der Waals surface area contributed by atoms with E-state index in [2.05, 4.69) is 32.3 Å². The second-order valence-corrected chi connectivity index (χ2v) is 6.47. The third-order valence-corrected chi connectivity index (χ3v) is 4.64. The standard InChI is InChI=1S/C20H21N5O/c26-20(23-18-5-7-21-8-6-18)25-11-9-24(10-12-25)15-16-13-17-3-1-2-4-19(17)22-14-16/h1-8,13-14H,9-12,15H2,(H,21,23,26). The number of amides is 2. The fraction of sp³-hybridized carbons (Fsp3) is 0.250. The number of para-hydroxylation sites is 1. The molecule has 2 aromatic heterocycles. The molecular formula is C20H21N5O. The molecule has 6 nitrogen and oxygen atoms in total. The average molecular weight is 347 g/mol. The van der Waals surface area contributed by atoms with Crippen LogP contribution in [0.15, 0.2) is 61.1 Å². The van der Waals surface area contributed by atoms with Gasteiger partial charge in [0.25, 0.3) is 0 Å². The lowest BCUT2D eigenvalue weighted by Gasteiger charge is -2.34. The van der Waals surface area contributed by atoms with Crippen molar-refractivity contribution in [3.05, 3.63) is 66.6 Å². The molecule has 1 saturated heterocycles. The maximum absolute atomic E-state index is 12.3. The van der Waals surface area contributed by atoms with Gasteiger partial charge < -0.3 is 10.2 Å². The number of urea groups is 1. The maximum atomic E-state index is 12.3. The summed E-state index contributed by atoms with van der Waals surface area (Å²) in [6.45, 7) is 4.01. The predicted octanol–water partition coefficient (Wildman–Crippen LogP) is 2.98. The number of carbonyl (C=O) groups excluding carboxylic acids is 1. The van der Waals surface area contributed by atoms with Crippen LogP contribution in [0.3, 0.4) is 0 Å². The van der Waals surface area contributed by atoms with E-state index < -0.39 is 0 Å². The maximum Gasteiger partial charge on any atom is 0.321 e. The largest absolute Gasteiger partial charge is 0.322 e. The summed E-state index contributed by atoms with van der Waals surface area (Å²) in [4.78, 5) is 25.1. The van der Waals surface area contributed by atoms with E-state index in [0.29, 0.717) is 0 Å². The van der Waals surface area contributed by atoms with Crippen molar-refractivity contribution in [2.24, 2.45) is 0 Å². The number of nitrogens with zero attached hydrogens (tertiary/aromatic N) is 4. The topological polar surface area (TPSA) is 61.4 Å². The number of carbonyl (C=O) groups is 1. The Morgan fingerprint density at radius 3 is 2.62 bits per heavy atom. The zero-order chi connectivity index (χ0) is 17.8. The van der Waals surface area contributed by atoms with Crippen molar-refractivity contribution < 1.29 is 4.79 Å². The molecule has 1 N–H and O–H groups in total. The van der Waals surface area contributed by atoms with E-state index in [9.17, 15) is 4.79 Å². The number of pyridine rings is 2. The van der Waals surface area contributed by atoms with Crippen LogP contribution >= 0.6 is 0 Å². The van der Waals surface area contributed by atoms with Crippen LogP contribution in [-0.2, 0) is 6.54 Å². The average Bonchev–Trinajstić information content (AvgIpc) is 2.69. The van der Waals surface area contributed by atoms with Gasteiger partial charge in [0, 0.05) is 62.4 Å². The number of piperazine rings is 1. The first-order valence-corrected chi connectivity index (χ1v) is 8.80. The molecule has 0 bridgehead atoms. The van der Waals surface area contributed by atoms with Gasteiger partial charge in [-0.1, -0.05) is 18.2 Å². The Morgan fingerprint density at radius 1 is 1.04 bits per heavy atom. The molecule has 1 aromatic carbocycles. The zero-order valence-electron chi connectivity index (χ0n) is 14.5. The molecule has 26 heavy (non-hydrogen) atoms. The first-order valence-electron chi connectivity index (χ1n) is 8.80. The van der Waals surface area contributed by atoms with Crippen LogP contribution in [0.25, 0.3) is 10.9 Å². The van der Waals surface area contributed by atoms with Crippen molar-refractivity contribution in [1.82, 2.24) is 19.8 Å². The molecule has 1 aliphatic rings. The van der Waals surface area contributed by atoms with Crippen molar-refractivity contribution in [2.45, 2.75) is 6.54 Å². The van der Waals surface area contributed by atoms with Crippen molar-refractivity contribution in [2.75, 3.05) is 31.5 Å². The molecule has 1 aliphatic heterocycles. The van der Waals surface area contributed by atoms with Crippen LogP contribution in [0.1, 0.15) is 5.56 Å². The highest BCUT2D eigenvalue weighted by Gasteiger charge is 2.21. The van der Waals surface area contributed by atoms with E-state index >= 15 is 0 Å². The highest BCUT2D eigenvalue weighted by Crippen LogP contribution is 2.15. The lowest BCUT2D eigenvalue weighted by atomic mass is 10.1. The fourth-order valence-electron chi connectivity index (χ4n) is 3.21. The first kappa shape index (κ1) is 16.5. The molecule has 1 fully saturated rings. The number of anilines is 1. The Balaban J connectivity index is 1.32. The van der Waals surface area contributed by atoms with Crippen LogP contribution in [-0.4, -0.2) is 52.0 Å². The minimum atomic E-state index is -0.0526. The number of rotatable bonds is 3. The van der Waals surface area contributed by atoms with Gasteiger partial charge >= 0.3 is 6.03 Å². The highest BCUT2D eigenvalue weighted by atomic mass is 16.2. The predicted molar refractivity (Wildman–Crippen MR) is 102 cm³/mol. The van der Waals surface area contributed by atoms with Crippen molar-refractivity contribution in [1.29, 1.82) is 0 Å². The third-order valence-electron chi connectivity index (χ3n) is 4.64. The zero-order valence-corrected chi connectivity index (χ0v) is 14.5. The lowest BCUT2D eigenvalue weighted by Crippen LogP contribution is -2.49. The van der Waals surface area contributed by atoms with Gasteiger partial charge in [-0.3, -0.25) is 14.9 Å². The van der Waals surface area contributed by atoms with E-state index in [1.807, 2.05) is 29.3 Å². The minimum absolute atomic E-state index is 0.0526. The van der Waals surface area contributed by atoms with Crippen molar-refractivity contribution in [3.63, 3.8) is 0 Å². The Bertz CT molecular complexity index is 891. The second kappa shape index (κ2) is 7.49. The van der Waals surface area contributed by atoms with Gasteiger partial charge in [0.2, 0.25) is 0 Å². The molecule has 0 saturated carbocycles. The molecule has 3 heterocycles. The van der Waals surface area contributed by atoms with Crippen molar-refractivity contribution in [3.8, 4) is 0 Å². The molecule has 132 valence electrons. The normalized spacial score (nSPS) is 15.2. The summed E-state index contributed by atoms with van der Waals surface area (Å²) in [5.41, 5.74) is 3.00. The number of aromatic nitrogens is 2. The van der Waals surface area contributed by atoms with E-state index in [1.54, 1.807) is 24.5 Å². The molecule has 6 heteroatoms. The fourth-order valence-corrected chi connectivity index (χ4v) is 3.21. The van der Waals surface area contributed by atoms with Crippen LogP contribution < -0.4 is 5.32 Å². The van der Waals surface area contributed by atoms with Crippen LogP contribution in [0.5, 0.6) is 0 Å². The molecule has 0 spiro atoms. The summed E-state index contributed by atoms with van der Waals surface area (Å²) in [6.07, 6.45) is 5.29. The Labute approximate surface area is 152 Å². The van der Waals surface area contributed by atoms with E-state index in [4.69, 9.17) is 0 Å². The smallest absolute Gasteiger partial charge is 0.321 e. The highest BCUT2D eigenvalue weighted by molar-refractivity contribution is 5.89. The summed E-state index contributed by atoms with van der Waals surface area (Å²) in [6, 6.07) is 13.9. The lowest BCUT2D eigenvalue weighted by molar-refractivity contribution is 0.143. The number of hydrogen-bond acceptors (Lipinski definition) is 4. The number of benzene rings is 1. The molecule has 0 radical (unpaired) electrons. The second-order valence-electron chi connectivity index (χ2n) is 6.47. The van der Waals surface area contributed by atoms with Gasteiger partial charge in [-0.2, -0.15) is 0 Å². The van der Waals surface area contributed by atoms with E-state index in [0.717, 1.165) is 43.9 Å². The quantitative estimate of drug-likeness (QED) is 0.791. The van der Waals surface area contributed by atoms with E-state index in [1.165, 1.54) is 10.9 Å². The molecule has 0 aliphatic carbocycles. The Kier molecular flexibility index (Phi) is 4.75. The molecule has 2 amide bonds. The SMILES string of the molecule is O=C(Nc1ccncc1)N1CCN(Cc2cnc3ccccc3c2)CC1. The summed E-state index contributed by atoms with van der Waals surface area (Å²) in [5.74, 6) is 0. The number of fused-ring (bicyclic) bond motifs is 1. The third kappa shape index (κ3) is 3.81. The van der Waals surface area contributed by atoms with Gasteiger partial charge in [-0.05, 0) is 29.8 Å². The molecule has 0 unspecified atom stereocenters. The summed E-state index contributed by atoms with van der Waals surface area (Å²) in [7, 11) is 0.